The second-order valence-corrected chi connectivity index (χ2v) is 5.61. The summed E-state index contributed by atoms with van der Waals surface area (Å²) >= 11 is 1.55. The molecule has 1 amide bonds. The summed E-state index contributed by atoms with van der Waals surface area (Å²) in [5.41, 5.74) is 0.775. The van der Waals surface area contributed by atoms with Crippen molar-refractivity contribution in [3.05, 3.63) is 47.1 Å². The van der Waals surface area contributed by atoms with Gasteiger partial charge in [-0.15, -0.1) is 11.3 Å². The minimum Gasteiger partial charge on any atom is -0.464 e. The maximum Gasteiger partial charge on any atom is 0.226 e. The van der Waals surface area contributed by atoms with Gasteiger partial charge in [-0.1, -0.05) is 0 Å². The Balaban J connectivity index is 1.63. The van der Waals surface area contributed by atoms with E-state index in [1.54, 1.807) is 11.3 Å². The van der Waals surface area contributed by atoms with E-state index in [0.29, 0.717) is 0 Å². The molecule has 3 aromatic rings. The highest BCUT2D eigenvalue weighted by Crippen LogP contribution is 2.16. The van der Waals surface area contributed by atoms with Crippen molar-refractivity contribution in [3.8, 4) is 0 Å². The van der Waals surface area contributed by atoms with Gasteiger partial charge < -0.3 is 9.73 Å². The normalized spacial score (nSPS) is 12.7. The Kier molecular flexibility index (Phi) is 3.31. The molecule has 3 rings (SSSR count). The Morgan fingerprint density at radius 3 is 3.10 bits per heavy atom. The van der Waals surface area contributed by atoms with E-state index in [1.807, 2.05) is 48.2 Å². The number of carbonyl (C=O) groups excluding carboxylic acids is 1. The maximum absolute atomic E-state index is 12.0. The number of rotatable bonds is 4. The van der Waals surface area contributed by atoms with Crippen LogP contribution in [0.2, 0.25) is 0 Å². The number of thiazole rings is 1. The quantitative estimate of drug-likeness (QED) is 0.803. The number of hydrogen-bond donors (Lipinski definition) is 1. The van der Waals surface area contributed by atoms with Crippen molar-refractivity contribution in [1.82, 2.24) is 14.7 Å². The lowest BCUT2D eigenvalue weighted by Crippen LogP contribution is -2.27. The number of nitrogens with zero attached hydrogens (tertiary/aromatic N) is 2. The van der Waals surface area contributed by atoms with Gasteiger partial charge >= 0.3 is 0 Å². The Labute approximate surface area is 120 Å². The predicted molar refractivity (Wildman–Crippen MR) is 76.8 cm³/mol. The van der Waals surface area contributed by atoms with Gasteiger partial charge in [-0.3, -0.25) is 9.20 Å². The summed E-state index contributed by atoms with van der Waals surface area (Å²) in [6, 6.07) is 3.63. The number of carbonyl (C=O) groups is 1. The number of aryl methyl sites for hydroxylation is 1. The molecule has 3 heterocycles. The van der Waals surface area contributed by atoms with Crippen molar-refractivity contribution in [2.75, 3.05) is 0 Å². The van der Waals surface area contributed by atoms with Crippen LogP contribution in [0, 0.1) is 6.92 Å². The summed E-state index contributed by atoms with van der Waals surface area (Å²) in [7, 11) is 0. The summed E-state index contributed by atoms with van der Waals surface area (Å²) in [4.78, 5) is 17.3. The van der Waals surface area contributed by atoms with Crippen molar-refractivity contribution in [3.63, 3.8) is 0 Å². The van der Waals surface area contributed by atoms with Gasteiger partial charge in [0, 0.05) is 17.8 Å². The highest BCUT2D eigenvalue weighted by molar-refractivity contribution is 7.15. The first-order chi connectivity index (χ1) is 9.61. The highest BCUT2D eigenvalue weighted by atomic mass is 32.1. The van der Waals surface area contributed by atoms with Crippen LogP contribution in [0.25, 0.3) is 4.96 Å². The standard InChI is InChI=1S/C14H15N3O2S/c1-9-3-4-12(19-9)10(2)15-13(18)7-11-8-17-5-6-20-14(17)16-11/h3-6,8,10H,7H2,1-2H3,(H,15,18)/t10-/m0/s1. The number of furan rings is 1. The molecule has 6 heteroatoms. The van der Waals surface area contributed by atoms with Crippen LogP contribution in [0.15, 0.2) is 34.3 Å². The van der Waals surface area contributed by atoms with Crippen LogP contribution in [-0.2, 0) is 11.2 Å². The van der Waals surface area contributed by atoms with Gasteiger partial charge in [-0.05, 0) is 26.0 Å². The number of aromatic nitrogens is 2. The molecule has 0 aromatic carbocycles. The molecular formula is C14H15N3O2S. The van der Waals surface area contributed by atoms with Gasteiger partial charge in [0.15, 0.2) is 4.96 Å². The van der Waals surface area contributed by atoms with E-state index in [-0.39, 0.29) is 18.4 Å². The minimum atomic E-state index is -0.139. The highest BCUT2D eigenvalue weighted by Gasteiger charge is 2.14. The third kappa shape index (κ3) is 2.60. The zero-order valence-corrected chi connectivity index (χ0v) is 12.1. The summed E-state index contributed by atoms with van der Waals surface area (Å²) in [5.74, 6) is 1.55. The molecule has 0 unspecified atom stereocenters. The average molecular weight is 289 g/mol. The molecule has 0 spiro atoms. The van der Waals surface area contributed by atoms with Crippen LogP contribution >= 0.6 is 11.3 Å². The first kappa shape index (κ1) is 12.9. The second kappa shape index (κ2) is 5.13. The van der Waals surface area contributed by atoms with Gasteiger partial charge in [-0.25, -0.2) is 4.98 Å². The third-order valence-corrected chi connectivity index (χ3v) is 3.82. The van der Waals surface area contributed by atoms with Crippen molar-refractivity contribution < 1.29 is 9.21 Å². The molecule has 0 saturated carbocycles. The molecule has 1 atom stereocenters. The average Bonchev–Trinajstić information content (AvgIpc) is 3.04. The molecule has 0 aliphatic heterocycles. The van der Waals surface area contributed by atoms with Crippen molar-refractivity contribution in [2.24, 2.45) is 0 Å². The molecule has 0 aliphatic carbocycles. The van der Waals surface area contributed by atoms with Crippen LogP contribution in [0.1, 0.15) is 30.2 Å². The van der Waals surface area contributed by atoms with Gasteiger partial charge in [-0.2, -0.15) is 0 Å². The smallest absolute Gasteiger partial charge is 0.226 e. The fraction of sp³-hybridized carbons (Fsp3) is 0.286. The molecule has 3 aromatic heterocycles. The number of amides is 1. The zero-order valence-electron chi connectivity index (χ0n) is 11.3. The number of imidazole rings is 1. The van der Waals surface area contributed by atoms with E-state index in [2.05, 4.69) is 10.3 Å². The molecule has 0 saturated heterocycles. The third-order valence-electron chi connectivity index (χ3n) is 3.05. The lowest BCUT2D eigenvalue weighted by molar-refractivity contribution is -0.121. The summed E-state index contributed by atoms with van der Waals surface area (Å²) in [6.07, 6.45) is 4.09. The van der Waals surface area contributed by atoms with Crippen molar-refractivity contribution in [2.45, 2.75) is 26.3 Å². The van der Waals surface area contributed by atoms with E-state index in [4.69, 9.17) is 4.42 Å². The Bertz CT molecular complexity index is 712. The van der Waals surface area contributed by atoms with Crippen molar-refractivity contribution in [1.29, 1.82) is 0 Å². The Morgan fingerprint density at radius 2 is 2.40 bits per heavy atom. The second-order valence-electron chi connectivity index (χ2n) is 4.74. The predicted octanol–water partition coefficient (Wildman–Crippen LogP) is 2.72. The SMILES string of the molecule is Cc1ccc([C@H](C)NC(=O)Cc2cn3ccsc3n2)o1. The molecule has 1 N–H and O–H groups in total. The molecule has 104 valence electrons. The molecule has 5 nitrogen and oxygen atoms in total. The van der Waals surface area contributed by atoms with Gasteiger partial charge in [0.05, 0.1) is 18.2 Å². The Hall–Kier alpha value is -2.08. The van der Waals surface area contributed by atoms with E-state index in [1.165, 1.54) is 0 Å². The van der Waals surface area contributed by atoms with E-state index in [9.17, 15) is 4.79 Å². The van der Waals surface area contributed by atoms with Crippen molar-refractivity contribution >= 4 is 22.2 Å². The van der Waals surface area contributed by atoms with E-state index < -0.39 is 0 Å². The fourth-order valence-electron chi connectivity index (χ4n) is 2.08. The van der Waals surface area contributed by atoms with Crippen LogP contribution in [0.4, 0.5) is 0 Å². The molecule has 20 heavy (non-hydrogen) atoms. The lowest BCUT2D eigenvalue weighted by atomic mass is 10.2. The van der Waals surface area contributed by atoms with Crippen LogP contribution in [-0.4, -0.2) is 15.3 Å². The molecule has 0 aliphatic rings. The van der Waals surface area contributed by atoms with Crippen LogP contribution in [0.3, 0.4) is 0 Å². The fourth-order valence-corrected chi connectivity index (χ4v) is 2.79. The summed E-state index contributed by atoms with van der Waals surface area (Å²) < 4.78 is 7.42. The monoisotopic (exact) mass is 289 g/mol. The van der Waals surface area contributed by atoms with Gasteiger partial charge in [0.25, 0.3) is 0 Å². The van der Waals surface area contributed by atoms with Crippen LogP contribution < -0.4 is 5.32 Å². The van der Waals surface area contributed by atoms with E-state index >= 15 is 0 Å². The summed E-state index contributed by atoms with van der Waals surface area (Å²) in [5, 5.41) is 4.88. The molecular weight excluding hydrogens is 274 g/mol. The lowest BCUT2D eigenvalue weighted by Gasteiger charge is -2.10. The molecule has 0 bridgehead atoms. The van der Waals surface area contributed by atoms with Crippen LogP contribution in [0.5, 0.6) is 0 Å². The zero-order chi connectivity index (χ0) is 14.1. The van der Waals surface area contributed by atoms with Gasteiger partial charge in [0.1, 0.15) is 11.5 Å². The number of nitrogens with one attached hydrogen (secondary N) is 1. The first-order valence-electron chi connectivity index (χ1n) is 6.38. The minimum absolute atomic E-state index is 0.0580. The molecule has 0 fully saturated rings. The number of fused-ring (bicyclic) bond motifs is 1. The van der Waals surface area contributed by atoms with E-state index in [0.717, 1.165) is 22.2 Å². The van der Waals surface area contributed by atoms with Gasteiger partial charge in [0.2, 0.25) is 5.91 Å². The number of hydrogen-bond acceptors (Lipinski definition) is 4. The first-order valence-corrected chi connectivity index (χ1v) is 7.26. The topological polar surface area (TPSA) is 59.5 Å². The Morgan fingerprint density at radius 1 is 1.55 bits per heavy atom. The summed E-state index contributed by atoms with van der Waals surface area (Å²) in [6.45, 7) is 3.79. The largest absolute Gasteiger partial charge is 0.464 e. The molecule has 0 radical (unpaired) electrons. The maximum atomic E-state index is 12.0.